The van der Waals surface area contributed by atoms with Gasteiger partial charge in [0.15, 0.2) is 56.6 Å². The number of rotatable bonds is 28. The van der Waals surface area contributed by atoms with Crippen molar-refractivity contribution in [2.24, 2.45) is 0 Å². The molecule has 0 aromatic heterocycles. The van der Waals surface area contributed by atoms with Crippen LogP contribution in [0.25, 0.3) is 0 Å². The highest BCUT2D eigenvalue weighted by molar-refractivity contribution is 5.74. The Bertz CT molecular complexity index is 2840. The Kier molecular flexibility index (Phi) is 32.1. The number of carbonyl (C=O) groups is 3. The average Bonchev–Trinajstić information content (AvgIpc) is 0.801. The molecular weight excluding hydrogens is 1500 g/mol. The van der Waals surface area contributed by atoms with Gasteiger partial charge in [0.05, 0.1) is 59.5 Å². The van der Waals surface area contributed by atoms with Gasteiger partial charge in [-0.1, -0.05) is 0 Å². The molecular formula is C60H101N3O46. The van der Waals surface area contributed by atoms with Crippen molar-refractivity contribution in [2.75, 3.05) is 59.5 Å². The first kappa shape index (κ1) is 89.6. The van der Waals surface area contributed by atoms with Crippen molar-refractivity contribution in [3.05, 3.63) is 0 Å². The lowest BCUT2D eigenvalue weighted by atomic mass is 9.93. The summed E-state index contributed by atoms with van der Waals surface area (Å²) in [7, 11) is 0. The number of aliphatic hydroxyl groups is 26. The molecule has 9 aliphatic heterocycles. The number of carbonyl (C=O) groups excluding carboxylic acids is 3. The molecule has 0 unspecified atom stereocenters. The minimum atomic E-state index is -2.54. The van der Waals surface area contributed by atoms with Gasteiger partial charge in [-0.2, -0.15) is 0 Å². The molecule has 9 aliphatic rings. The Morgan fingerprint density at radius 2 is 0.505 bits per heavy atom. The predicted octanol–water partition coefficient (Wildman–Crippen LogP) is -20.2. The van der Waals surface area contributed by atoms with Gasteiger partial charge in [-0.15, -0.1) is 0 Å². The Labute approximate surface area is 616 Å². The zero-order valence-electron chi connectivity index (χ0n) is 58.1. The van der Waals surface area contributed by atoms with E-state index in [1.54, 1.807) is 0 Å². The van der Waals surface area contributed by atoms with Crippen molar-refractivity contribution in [3.63, 3.8) is 0 Å². The second kappa shape index (κ2) is 39.1. The molecule has 109 heavy (non-hydrogen) atoms. The van der Waals surface area contributed by atoms with Crippen molar-refractivity contribution in [3.8, 4) is 0 Å². The highest BCUT2D eigenvalue weighted by atomic mass is 16.8. The number of hydrogen-bond donors (Lipinski definition) is 29. The first-order valence-corrected chi connectivity index (χ1v) is 34.6. The first-order valence-electron chi connectivity index (χ1n) is 34.6. The van der Waals surface area contributed by atoms with Crippen LogP contribution in [0.2, 0.25) is 0 Å². The van der Waals surface area contributed by atoms with E-state index in [1.807, 2.05) is 0 Å². The maximum atomic E-state index is 12.9. The van der Waals surface area contributed by atoms with Gasteiger partial charge in [-0.25, -0.2) is 0 Å². The molecule has 9 rings (SSSR count). The van der Waals surface area contributed by atoms with E-state index in [4.69, 9.17) is 80.5 Å². The van der Waals surface area contributed by atoms with E-state index in [-0.39, 0.29) is 0 Å². The Balaban J connectivity index is 1.01. The predicted molar refractivity (Wildman–Crippen MR) is 332 cm³/mol. The number of ether oxygens (including phenoxy) is 17. The molecule has 3 amide bonds. The lowest BCUT2D eigenvalue weighted by Crippen LogP contribution is -2.71. The van der Waals surface area contributed by atoms with Crippen LogP contribution in [-0.2, 0) is 94.9 Å². The molecule has 0 aromatic carbocycles. The van der Waals surface area contributed by atoms with E-state index in [1.165, 1.54) is 0 Å². The molecule has 0 aromatic rings. The smallest absolute Gasteiger partial charge is 0.217 e. The van der Waals surface area contributed by atoms with Crippen molar-refractivity contribution < 1.29 is 228 Å². The van der Waals surface area contributed by atoms with E-state index in [0.29, 0.717) is 0 Å². The van der Waals surface area contributed by atoms with Gasteiger partial charge in [0.1, 0.15) is 220 Å². The Hall–Kier alpha value is -3.31. The van der Waals surface area contributed by atoms with Gasteiger partial charge in [0.25, 0.3) is 0 Å². The fourth-order valence-electron chi connectivity index (χ4n) is 13.9. The number of hydrogen-bond acceptors (Lipinski definition) is 46. The molecule has 0 saturated carbocycles. The standard InChI is InChI=1S/C60H101N3O46/c1-13(71)61-25-34(80)46(20(8-68)95-52(25)92)104-53-26(62-14(2)72)35(81)48(22(10-70)100-53)106-58-45(91)49(107-60-51(41(87)31(77)19(7-67)99-60)108-54-27(63-15(3)73)36(82)47(21(9-69)101-54)105-56-43(89)37(83)28(74)16(4-64)96-56)33(79)24(103-58)12-93-55-42(88)39(85)32(78)23(102-55)11-94-59-50(40(86)30(76)18(6-66)98-59)109-57-44(90)38(84)29(75)17(5-65)97-57/h16-60,64-70,74-92H,4-12H2,1-3H3,(H,61,71)(H,62,72)(H,63,73)/t16-,17-,18-,19-,20-,21-,22-,23-,24-,25-,26-,27-,28+,29-,30-,31-,32-,33-,34-,35-,36-,37+,38+,39+,40+,41+,42+,43-,44+,45+,46-,47-,48-,49+,50+,51+,52-,53+,54+,55+,56+,57-,58+,59+,60-/m1/s1. The minimum Gasteiger partial charge on any atom is -0.394 e. The third-order valence-corrected chi connectivity index (χ3v) is 19.9. The van der Waals surface area contributed by atoms with Crippen LogP contribution < -0.4 is 16.0 Å². The Morgan fingerprint density at radius 1 is 0.239 bits per heavy atom. The lowest BCUT2D eigenvalue weighted by molar-refractivity contribution is -0.397. The number of aliphatic hydroxyl groups excluding tert-OH is 26. The highest BCUT2D eigenvalue weighted by Gasteiger charge is 2.60. The monoisotopic (exact) mass is 1600 g/mol. The van der Waals surface area contributed by atoms with Crippen LogP contribution in [0.15, 0.2) is 0 Å². The maximum Gasteiger partial charge on any atom is 0.217 e. The van der Waals surface area contributed by atoms with Crippen molar-refractivity contribution in [2.45, 2.75) is 297 Å². The zero-order valence-corrected chi connectivity index (χ0v) is 58.1. The van der Waals surface area contributed by atoms with Gasteiger partial charge in [0, 0.05) is 20.8 Å². The van der Waals surface area contributed by atoms with Crippen molar-refractivity contribution >= 4 is 17.7 Å². The molecule has 0 bridgehead atoms. The summed E-state index contributed by atoms with van der Waals surface area (Å²) in [6.07, 6.45) is -86.5. The van der Waals surface area contributed by atoms with Crippen LogP contribution in [0.4, 0.5) is 0 Å². The summed E-state index contributed by atoms with van der Waals surface area (Å²) in [5, 5.41) is 293. The molecule has 0 aliphatic carbocycles. The molecule has 9 fully saturated rings. The number of nitrogens with one attached hydrogen (secondary N) is 3. The van der Waals surface area contributed by atoms with E-state index in [0.717, 1.165) is 20.8 Å². The average molecular weight is 1600 g/mol. The topological polar surface area (TPSA) is 770 Å². The highest BCUT2D eigenvalue weighted by Crippen LogP contribution is 2.39. The van der Waals surface area contributed by atoms with E-state index in [2.05, 4.69) is 16.0 Å². The second-order valence-corrected chi connectivity index (χ2v) is 27.5. The normalized spacial score (nSPS) is 50.0. The molecule has 0 spiro atoms. The van der Waals surface area contributed by atoms with E-state index < -0.39 is 353 Å². The summed E-state index contributed by atoms with van der Waals surface area (Å²) in [5.41, 5.74) is 0. The van der Waals surface area contributed by atoms with Gasteiger partial charge in [-0.3, -0.25) is 14.4 Å². The third kappa shape index (κ3) is 19.7. The third-order valence-electron chi connectivity index (χ3n) is 19.9. The summed E-state index contributed by atoms with van der Waals surface area (Å²) in [6, 6.07) is -5.48. The van der Waals surface area contributed by atoms with E-state index >= 15 is 0 Å². The van der Waals surface area contributed by atoms with Crippen LogP contribution in [0, 0.1) is 0 Å². The van der Waals surface area contributed by atoms with Gasteiger partial charge < -0.3 is 229 Å². The summed E-state index contributed by atoms with van der Waals surface area (Å²) >= 11 is 0. The molecule has 632 valence electrons. The summed E-state index contributed by atoms with van der Waals surface area (Å²) in [4.78, 5) is 37.9. The maximum absolute atomic E-state index is 12.9. The van der Waals surface area contributed by atoms with Crippen molar-refractivity contribution in [1.29, 1.82) is 0 Å². The molecule has 49 nitrogen and oxygen atoms in total. The quantitative estimate of drug-likeness (QED) is 0.0346. The fourth-order valence-corrected chi connectivity index (χ4v) is 13.9. The summed E-state index contributed by atoms with van der Waals surface area (Å²) in [6.45, 7) is -6.61. The van der Waals surface area contributed by atoms with Gasteiger partial charge >= 0.3 is 0 Å². The fraction of sp³-hybridized carbons (Fsp3) is 0.950. The molecule has 9 saturated heterocycles. The van der Waals surface area contributed by atoms with Crippen molar-refractivity contribution in [1.82, 2.24) is 16.0 Å². The lowest BCUT2D eigenvalue weighted by Gasteiger charge is -2.51. The van der Waals surface area contributed by atoms with Crippen LogP contribution in [-0.4, -0.2) is 486 Å². The van der Waals surface area contributed by atoms with Gasteiger partial charge in [0.2, 0.25) is 17.7 Å². The molecule has 9 heterocycles. The van der Waals surface area contributed by atoms with Gasteiger partial charge in [-0.05, 0) is 0 Å². The Morgan fingerprint density at radius 3 is 0.927 bits per heavy atom. The second-order valence-electron chi connectivity index (χ2n) is 27.5. The van der Waals surface area contributed by atoms with Crippen LogP contribution >= 0.6 is 0 Å². The summed E-state index contributed by atoms with van der Waals surface area (Å²) in [5.74, 6) is -2.66. The molecule has 0 radical (unpaired) electrons. The summed E-state index contributed by atoms with van der Waals surface area (Å²) < 4.78 is 99.2. The number of amides is 3. The van der Waals surface area contributed by atoms with Crippen LogP contribution in [0.1, 0.15) is 20.8 Å². The van der Waals surface area contributed by atoms with Crippen LogP contribution in [0.5, 0.6) is 0 Å². The minimum absolute atomic E-state index is 0.781. The van der Waals surface area contributed by atoms with E-state index in [9.17, 15) is 147 Å². The molecule has 45 atom stereocenters. The molecule has 49 heteroatoms. The zero-order chi connectivity index (χ0) is 80.2. The SMILES string of the molecule is CC(=O)N[C@@H]1[C@@H](O)[C@H](O[C@@H]2O[C@H](CO)[C@@H](O[C@@H]3O[C@H](CO[C@H]4O[C@H](CO[C@H]5O[C@H](CO)[C@@H](O)[C@H](O)[C@@H]5O[C@H]5O[C@H](CO)[C@@H](O)[C@H](O)[C@@H]5O)[C@@H](O)[C@H](O)[C@@H]4O)[C@@H](O)[C@H](O[C@H]4O[C@H](CO)[C@@H](O)[C@H](O)[C@@H]4O[C@@H]4O[C@H](CO)[C@@H](O[C@@H]5O[C@H](CO)[C@H](O)[C@H](O)[C@H]5O)[C@H](O)[C@H]4NC(C)=O)[C@@H]3O)[C@H](O)[C@H]2NC(C)=O)[C@@H](CO)O[C@H]1O. The van der Waals surface area contributed by atoms with Crippen LogP contribution in [0.3, 0.4) is 0 Å². The molecule has 29 N–H and O–H groups in total. The largest absolute Gasteiger partial charge is 0.394 e. The first-order chi connectivity index (χ1) is 51.6.